The lowest BCUT2D eigenvalue weighted by Gasteiger charge is -1.94. The van der Waals surface area contributed by atoms with Crippen LogP contribution in [-0.4, -0.2) is 27.6 Å². The van der Waals surface area contributed by atoms with E-state index in [4.69, 9.17) is 9.26 Å². The molecule has 0 N–H and O–H groups in total. The van der Waals surface area contributed by atoms with E-state index in [2.05, 4.69) is 10.1 Å². The first-order chi connectivity index (χ1) is 9.11. The summed E-state index contributed by atoms with van der Waals surface area (Å²) in [6.07, 6.45) is 0. The number of hydrogen-bond donors (Lipinski definition) is 0. The number of ether oxygens (including phenoxy) is 1. The van der Waals surface area contributed by atoms with Gasteiger partial charge in [0.1, 0.15) is 0 Å². The van der Waals surface area contributed by atoms with Gasteiger partial charge in [0.2, 0.25) is 5.82 Å². The number of benzene rings is 1. The summed E-state index contributed by atoms with van der Waals surface area (Å²) in [5.74, 6) is -0.795. The summed E-state index contributed by atoms with van der Waals surface area (Å²) in [5.41, 5.74) is 0.461. The van der Waals surface area contributed by atoms with E-state index in [1.54, 1.807) is 6.92 Å². The van der Waals surface area contributed by atoms with Crippen LogP contribution in [0, 0.1) is 10.1 Å². The van der Waals surface area contributed by atoms with Crippen LogP contribution in [0.5, 0.6) is 0 Å². The molecule has 2 aromatic rings. The van der Waals surface area contributed by atoms with Gasteiger partial charge in [-0.05, 0) is 19.1 Å². The number of esters is 1. The third kappa shape index (κ3) is 2.73. The SMILES string of the molecule is CCOC(=O)c1nc(-c2ccc([N+](=O)[O-])cc2)no1. The summed E-state index contributed by atoms with van der Waals surface area (Å²) < 4.78 is 9.44. The molecule has 19 heavy (non-hydrogen) atoms. The maximum Gasteiger partial charge on any atom is 0.397 e. The maximum atomic E-state index is 11.3. The van der Waals surface area contributed by atoms with Crippen molar-refractivity contribution >= 4 is 11.7 Å². The van der Waals surface area contributed by atoms with Crippen molar-refractivity contribution in [3.63, 3.8) is 0 Å². The summed E-state index contributed by atoms with van der Waals surface area (Å²) in [5, 5.41) is 14.1. The fourth-order valence-electron chi connectivity index (χ4n) is 1.35. The van der Waals surface area contributed by atoms with E-state index in [0.29, 0.717) is 5.56 Å². The number of carbonyl (C=O) groups is 1. The van der Waals surface area contributed by atoms with E-state index in [9.17, 15) is 14.9 Å². The highest BCUT2D eigenvalue weighted by molar-refractivity contribution is 5.84. The molecule has 98 valence electrons. The van der Waals surface area contributed by atoms with Gasteiger partial charge in [-0.25, -0.2) is 4.79 Å². The molecule has 0 saturated carbocycles. The molecule has 2 rings (SSSR count). The Bertz CT molecular complexity index is 605. The zero-order valence-electron chi connectivity index (χ0n) is 9.90. The van der Waals surface area contributed by atoms with E-state index >= 15 is 0 Å². The number of nitro benzene ring substituents is 1. The first-order valence-corrected chi connectivity index (χ1v) is 5.37. The Morgan fingerprint density at radius 1 is 1.42 bits per heavy atom. The van der Waals surface area contributed by atoms with Gasteiger partial charge in [-0.1, -0.05) is 5.16 Å². The smallest absolute Gasteiger partial charge is 0.397 e. The number of nitro groups is 1. The van der Waals surface area contributed by atoms with Gasteiger partial charge in [-0.15, -0.1) is 0 Å². The second kappa shape index (κ2) is 5.25. The lowest BCUT2D eigenvalue weighted by Crippen LogP contribution is -2.04. The topological polar surface area (TPSA) is 108 Å². The first-order valence-electron chi connectivity index (χ1n) is 5.37. The van der Waals surface area contributed by atoms with E-state index in [1.807, 2.05) is 0 Å². The predicted octanol–water partition coefficient (Wildman–Crippen LogP) is 1.82. The Labute approximate surface area is 107 Å². The van der Waals surface area contributed by atoms with Crippen molar-refractivity contribution in [2.75, 3.05) is 6.61 Å². The summed E-state index contributed by atoms with van der Waals surface area (Å²) >= 11 is 0. The lowest BCUT2D eigenvalue weighted by molar-refractivity contribution is -0.384. The van der Waals surface area contributed by atoms with Gasteiger partial charge in [0, 0.05) is 17.7 Å². The van der Waals surface area contributed by atoms with Crippen molar-refractivity contribution < 1.29 is 19.0 Å². The molecule has 1 aromatic heterocycles. The molecule has 0 amide bonds. The van der Waals surface area contributed by atoms with Crippen LogP contribution in [0.1, 0.15) is 17.6 Å². The molecule has 0 fully saturated rings. The highest BCUT2D eigenvalue weighted by Gasteiger charge is 2.17. The number of rotatable bonds is 4. The number of carbonyl (C=O) groups excluding carboxylic acids is 1. The third-order valence-corrected chi connectivity index (χ3v) is 2.21. The zero-order chi connectivity index (χ0) is 13.8. The monoisotopic (exact) mass is 263 g/mol. The number of aromatic nitrogens is 2. The van der Waals surface area contributed by atoms with Gasteiger partial charge in [0.15, 0.2) is 0 Å². The molecule has 0 aliphatic heterocycles. The van der Waals surface area contributed by atoms with Crippen molar-refractivity contribution in [2.45, 2.75) is 6.92 Å². The van der Waals surface area contributed by atoms with Crippen LogP contribution >= 0.6 is 0 Å². The fraction of sp³-hybridized carbons (Fsp3) is 0.182. The molecule has 0 aliphatic rings. The molecule has 0 unspecified atom stereocenters. The second-order valence-corrected chi connectivity index (χ2v) is 3.45. The highest BCUT2D eigenvalue weighted by atomic mass is 16.6. The average Bonchev–Trinajstić information content (AvgIpc) is 2.89. The van der Waals surface area contributed by atoms with Gasteiger partial charge in [-0.2, -0.15) is 4.98 Å². The largest absolute Gasteiger partial charge is 0.459 e. The van der Waals surface area contributed by atoms with E-state index < -0.39 is 10.9 Å². The van der Waals surface area contributed by atoms with Crippen LogP contribution in [0.2, 0.25) is 0 Å². The van der Waals surface area contributed by atoms with Crippen LogP contribution in [0.25, 0.3) is 11.4 Å². The number of nitrogens with zero attached hydrogens (tertiary/aromatic N) is 3. The Morgan fingerprint density at radius 3 is 2.68 bits per heavy atom. The van der Waals surface area contributed by atoms with Gasteiger partial charge in [0.05, 0.1) is 11.5 Å². The van der Waals surface area contributed by atoms with Crippen molar-refractivity contribution in [2.24, 2.45) is 0 Å². The molecule has 8 nitrogen and oxygen atoms in total. The number of non-ortho nitro benzene ring substituents is 1. The Hall–Kier alpha value is -2.77. The fourth-order valence-corrected chi connectivity index (χ4v) is 1.35. The van der Waals surface area contributed by atoms with Crippen LogP contribution < -0.4 is 0 Å². The van der Waals surface area contributed by atoms with E-state index in [-0.39, 0.29) is 24.0 Å². The Balaban J connectivity index is 2.23. The molecule has 0 bridgehead atoms. The number of hydrogen-bond acceptors (Lipinski definition) is 7. The lowest BCUT2D eigenvalue weighted by atomic mass is 10.2. The third-order valence-electron chi connectivity index (χ3n) is 2.21. The van der Waals surface area contributed by atoms with Crippen LogP contribution in [-0.2, 0) is 4.74 Å². The second-order valence-electron chi connectivity index (χ2n) is 3.45. The van der Waals surface area contributed by atoms with Crippen LogP contribution in [0.4, 0.5) is 5.69 Å². The van der Waals surface area contributed by atoms with Crippen molar-refractivity contribution in [1.82, 2.24) is 10.1 Å². The standard InChI is InChI=1S/C11H9N3O5/c1-2-18-11(15)10-12-9(13-19-10)7-3-5-8(6-4-7)14(16)17/h3-6H,2H2,1H3. The molecule has 0 aliphatic carbocycles. The molecular formula is C11H9N3O5. The van der Waals surface area contributed by atoms with Gasteiger partial charge in [-0.3, -0.25) is 10.1 Å². The van der Waals surface area contributed by atoms with Crippen molar-refractivity contribution in [3.8, 4) is 11.4 Å². The van der Waals surface area contributed by atoms with Crippen LogP contribution in [0.15, 0.2) is 28.8 Å². The maximum absolute atomic E-state index is 11.3. The highest BCUT2D eigenvalue weighted by Crippen LogP contribution is 2.19. The van der Waals surface area contributed by atoms with Crippen LogP contribution in [0.3, 0.4) is 0 Å². The minimum atomic E-state index is -0.705. The van der Waals surface area contributed by atoms with Gasteiger partial charge >= 0.3 is 11.9 Å². The molecular weight excluding hydrogens is 254 g/mol. The Morgan fingerprint density at radius 2 is 2.11 bits per heavy atom. The van der Waals surface area contributed by atoms with Gasteiger partial charge < -0.3 is 9.26 Å². The summed E-state index contributed by atoms with van der Waals surface area (Å²) in [4.78, 5) is 25.2. The molecule has 0 atom stereocenters. The summed E-state index contributed by atoms with van der Waals surface area (Å²) in [6, 6.07) is 5.57. The van der Waals surface area contributed by atoms with E-state index in [0.717, 1.165) is 0 Å². The quantitative estimate of drug-likeness (QED) is 0.470. The summed E-state index contributed by atoms with van der Waals surface area (Å²) in [7, 11) is 0. The molecule has 8 heteroatoms. The summed E-state index contributed by atoms with van der Waals surface area (Å²) in [6.45, 7) is 1.86. The molecule has 1 aromatic carbocycles. The van der Waals surface area contributed by atoms with Gasteiger partial charge in [0.25, 0.3) is 5.69 Å². The predicted molar refractivity (Wildman–Crippen MR) is 62.3 cm³/mol. The first kappa shape index (κ1) is 12.7. The molecule has 0 saturated heterocycles. The minimum absolute atomic E-state index is 0.0436. The zero-order valence-corrected chi connectivity index (χ0v) is 9.90. The molecule has 1 heterocycles. The van der Waals surface area contributed by atoms with Crippen molar-refractivity contribution in [3.05, 3.63) is 40.3 Å². The normalized spacial score (nSPS) is 10.2. The Kier molecular flexibility index (Phi) is 3.51. The molecule has 0 radical (unpaired) electrons. The molecule has 0 spiro atoms. The average molecular weight is 263 g/mol. The minimum Gasteiger partial charge on any atom is -0.459 e. The van der Waals surface area contributed by atoms with E-state index in [1.165, 1.54) is 24.3 Å². The van der Waals surface area contributed by atoms with Crippen molar-refractivity contribution in [1.29, 1.82) is 0 Å².